The largest absolute Gasteiger partial charge is 0.394 e. The zero-order chi connectivity index (χ0) is 25.1. The summed E-state index contributed by atoms with van der Waals surface area (Å²) in [5.41, 5.74) is -0.651. The van der Waals surface area contributed by atoms with Crippen LogP contribution in [0.25, 0.3) is 0 Å². The maximum absolute atomic E-state index is 10.7. The molecule has 2 aliphatic heterocycles. The molecule has 11 heteroatoms. The Morgan fingerprint density at radius 2 is 1.53 bits per heavy atom. The zero-order valence-corrected chi connectivity index (χ0v) is 20.9. The van der Waals surface area contributed by atoms with Crippen molar-refractivity contribution in [3.8, 4) is 0 Å². The van der Waals surface area contributed by atoms with E-state index in [0.717, 1.165) is 18.6 Å². The predicted molar refractivity (Wildman–Crippen MR) is 126 cm³/mol. The standard InChI is InChI=1S/C23H44O10S/c1-2-3-4-5-6-7-8-9-34-22-20(27)19(26)16(17(12-25)33-22)13-31-14-18-21(28)23(29,30)10-15(11-24)32-18/h15-22,24-30H,2-14H2,1H3/t15?,16-,17?,18-,19?,20?,21?,22+/m1/s1. The number of hydrogen-bond donors (Lipinski definition) is 7. The second-order valence-electron chi connectivity index (χ2n) is 9.41. The van der Waals surface area contributed by atoms with Gasteiger partial charge in [0.2, 0.25) is 0 Å². The van der Waals surface area contributed by atoms with Gasteiger partial charge in [0, 0.05) is 12.3 Å². The summed E-state index contributed by atoms with van der Waals surface area (Å²) in [6.45, 7) is 1.03. The van der Waals surface area contributed by atoms with Gasteiger partial charge in [-0.25, -0.2) is 0 Å². The summed E-state index contributed by atoms with van der Waals surface area (Å²) < 4.78 is 16.8. The maximum atomic E-state index is 10.7. The van der Waals surface area contributed by atoms with E-state index in [1.165, 1.54) is 43.9 Å². The topological polar surface area (TPSA) is 169 Å². The summed E-state index contributed by atoms with van der Waals surface area (Å²) in [6.07, 6.45) is 1.23. The lowest BCUT2D eigenvalue weighted by molar-refractivity contribution is -0.311. The summed E-state index contributed by atoms with van der Waals surface area (Å²) in [6, 6.07) is 0. The Kier molecular flexibility index (Phi) is 13.5. The molecule has 5 unspecified atom stereocenters. The first kappa shape index (κ1) is 30.2. The molecular formula is C23H44O10S. The highest BCUT2D eigenvalue weighted by Crippen LogP contribution is 2.33. The number of hydrogen-bond acceptors (Lipinski definition) is 11. The van der Waals surface area contributed by atoms with Crippen LogP contribution in [-0.2, 0) is 14.2 Å². The van der Waals surface area contributed by atoms with Crippen LogP contribution in [0, 0.1) is 5.92 Å². The molecule has 2 heterocycles. The monoisotopic (exact) mass is 512 g/mol. The van der Waals surface area contributed by atoms with Gasteiger partial charge < -0.3 is 50.0 Å². The van der Waals surface area contributed by atoms with Gasteiger partial charge >= 0.3 is 0 Å². The second-order valence-corrected chi connectivity index (χ2v) is 10.6. The minimum Gasteiger partial charge on any atom is -0.394 e. The van der Waals surface area contributed by atoms with Crippen molar-refractivity contribution in [1.29, 1.82) is 0 Å². The third-order valence-electron chi connectivity index (χ3n) is 6.58. The summed E-state index contributed by atoms with van der Waals surface area (Å²) in [5, 5.41) is 70.2. The molecule has 0 saturated carbocycles. The Morgan fingerprint density at radius 3 is 2.18 bits per heavy atom. The van der Waals surface area contributed by atoms with E-state index in [1.54, 1.807) is 0 Å². The third kappa shape index (κ3) is 8.81. The van der Waals surface area contributed by atoms with E-state index in [4.69, 9.17) is 14.2 Å². The molecule has 2 fully saturated rings. The van der Waals surface area contributed by atoms with Gasteiger partial charge in [-0.3, -0.25) is 0 Å². The first-order valence-electron chi connectivity index (χ1n) is 12.5. The van der Waals surface area contributed by atoms with Crippen LogP contribution in [0.2, 0.25) is 0 Å². The minimum absolute atomic E-state index is 0.112. The Balaban J connectivity index is 1.77. The molecule has 10 nitrogen and oxygen atoms in total. The molecule has 0 aliphatic carbocycles. The Labute approximate surface area is 206 Å². The maximum Gasteiger partial charge on any atom is 0.194 e. The van der Waals surface area contributed by atoms with E-state index in [2.05, 4.69) is 6.92 Å². The molecule has 8 atom stereocenters. The van der Waals surface area contributed by atoms with Crippen LogP contribution < -0.4 is 0 Å². The van der Waals surface area contributed by atoms with E-state index in [-0.39, 0.29) is 26.2 Å². The van der Waals surface area contributed by atoms with Crippen LogP contribution in [0.1, 0.15) is 58.3 Å². The van der Waals surface area contributed by atoms with Gasteiger partial charge in [0.1, 0.15) is 23.7 Å². The van der Waals surface area contributed by atoms with Gasteiger partial charge in [0.05, 0.1) is 44.7 Å². The molecule has 7 N–H and O–H groups in total. The third-order valence-corrected chi connectivity index (χ3v) is 7.82. The number of aliphatic hydroxyl groups excluding tert-OH is 5. The fourth-order valence-electron chi connectivity index (χ4n) is 4.45. The lowest BCUT2D eigenvalue weighted by atomic mass is 9.90. The zero-order valence-electron chi connectivity index (χ0n) is 20.1. The van der Waals surface area contributed by atoms with Crippen molar-refractivity contribution in [1.82, 2.24) is 0 Å². The first-order valence-corrected chi connectivity index (χ1v) is 13.5. The minimum atomic E-state index is -2.42. The van der Waals surface area contributed by atoms with Gasteiger partial charge in [-0.05, 0) is 12.2 Å². The number of ether oxygens (including phenoxy) is 3. The van der Waals surface area contributed by atoms with Crippen molar-refractivity contribution >= 4 is 11.8 Å². The van der Waals surface area contributed by atoms with Crippen molar-refractivity contribution < 1.29 is 50.0 Å². The average Bonchev–Trinajstić information content (AvgIpc) is 2.81. The molecule has 2 rings (SSSR count). The van der Waals surface area contributed by atoms with Gasteiger partial charge in [0.25, 0.3) is 0 Å². The van der Waals surface area contributed by atoms with Crippen LogP contribution in [0.4, 0.5) is 0 Å². The SMILES string of the molecule is CCCCCCCCCS[C@@H]1OC(CO)[C@@H](COC[C@H]2OC(CO)CC(O)(O)C2O)C(O)C1O. The summed E-state index contributed by atoms with van der Waals surface area (Å²) in [4.78, 5) is 0. The summed E-state index contributed by atoms with van der Waals surface area (Å²) >= 11 is 1.43. The van der Waals surface area contributed by atoms with E-state index in [0.29, 0.717) is 0 Å². The van der Waals surface area contributed by atoms with Gasteiger partial charge in [-0.1, -0.05) is 45.4 Å². The van der Waals surface area contributed by atoms with Crippen LogP contribution in [-0.4, -0.2) is 116 Å². The molecular weight excluding hydrogens is 468 g/mol. The number of rotatable bonds is 15. The normalized spacial score (nSPS) is 36.0. The van der Waals surface area contributed by atoms with Gasteiger partial charge in [-0.2, -0.15) is 0 Å². The van der Waals surface area contributed by atoms with E-state index in [9.17, 15) is 35.7 Å². The molecule has 0 aromatic carbocycles. The molecule has 0 aromatic rings. The summed E-state index contributed by atoms with van der Waals surface area (Å²) in [5.74, 6) is -2.36. The predicted octanol–water partition coefficient (Wildman–Crippen LogP) is -0.266. The summed E-state index contributed by atoms with van der Waals surface area (Å²) in [7, 11) is 0. The Morgan fingerprint density at radius 1 is 0.853 bits per heavy atom. The lowest BCUT2D eigenvalue weighted by Gasteiger charge is -2.43. The second kappa shape index (κ2) is 15.3. The lowest BCUT2D eigenvalue weighted by Crippen LogP contribution is -2.59. The van der Waals surface area contributed by atoms with E-state index < -0.39 is 60.4 Å². The van der Waals surface area contributed by atoms with Crippen molar-refractivity contribution in [2.75, 3.05) is 32.2 Å². The van der Waals surface area contributed by atoms with E-state index >= 15 is 0 Å². The first-order chi connectivity index (χ1) is 16.2. The quantitative estimate of drug-likeness (QED) is 0.114. The highest BCUT2D eigenvalue weighted by Gasteiger charge is 2.48. The Hall–Kier alpha value is -0.0500. The molecule has 0 radical (unpaired) electrons. The molecule has 2 aliphatic rings. The molecule has 2 saturated heterocycles. The highest BCUT2D eigenvalue weighted by atomic mass is 32.2. The number of unbranched alkanes of at least 4 members (excludes halogenated alkanes) is 6. The van der Waals surface area contributed by atoms with Crippen LogP contribution in [0.3, 0.4) is 0 Å². The van der Waals surface area contributed by atoms with Crippen molar-refractivity contribution in [2.45, 2.75) is 106 Å². The van der Waals surface area contributed by atoms with Crippen molar-refractivity contribution in [2.24, 2.45) is 5.92 Å². The van der Waals surface area contributed by atoms with E-state index in [1.807, 2.05) is 0 Å². The molecule has 0 aromatic heterocycles. The number of thioether (sulfide) groups is 1. The van der Waals surface area contributed by atoms with Crippen LogP contribution >= 0.6 is 11.8 Å². The van der Waals surface area contributed by atoms with Crippen LogP contribution in [0.15, 0.2) is 0 Å². The molecule has 34 heavy (non-hydrogen) atoms. The highest BCUT2D eigenvalue weighted by molar-refractivity contribution is 7.99. The number of aliphatic hydroxyl groups is 7. The van der Waals surface area contributed by atoms with Crippen LogP contribution in [0.5, 0.6) is 0 Å². The average molecular weight is 513 g/mol. The molecule has 0 amide bonds. The molecule has 0 bridgehead atoms. The molecule has 202 valence electrons. The van der Waals surface area contributed by atoms with Gasteiger partial charge in [0.15, 0.2) is 5.79 Å². The van der Waals surface area contributed by atoms with Crippen molar-refractivity contribution in [3.63, 3.8) is 0 Å². The fraction of sp³-hybridized carbons (Fsp3) is 1.00. The molecule has 0 spiro atoms. The van der Waals surface area contributed by atoms with Crippen molar-refractivity contribution in [3.05, 3.63) is 0 Å². The fourth-order valence-corrected chi connectivity index (χ4v) is 5.63. The smallest absolute Gasteiger partial charge is 0.194 e. The Bertz CT molecular complexity index is 552. The van der Waals surface area contributed by atoms with Gasteiger partial charge in [-0.15, -0.1) is 11.8 Å².